The summed E-state index contributed by atoms with van der Waals surface area (Å²) in [6.07, 6.45) is 0. The predicted molar refractivity (Wildman–Crippen MR) is 61.5 cm³/mol. The Morgan fingerprint density at radius 2 is 2.00 bits per heavy atom. The highest BCUT2D eigenvalue weighted by Gasteiger charge is 2.06. The number of benzene rings is 1. The van der Waals surface area contributed by atoms with Crippen molar-refractivity contribution in [2.45, 2.75) is 13.5 Å². The standard InChI is InChI=1S/C12H15N3/c1-10-9-12(15(14-10)8-7-13)11-5-3-2-4-6-11/h2-6,9H,7-8,13H2,1H3. The summed E-state index contributed by atoms with van der Waals surface area (Å²) in [5, 5.41) is 4.41. The van der Waals surface area contributed by atoms with Crippen molar-refractivity contribution in [2.24, 2.45) is 5.73 Å². The third kappa shape index (κ3) is 2.07. The molecular formula is C12H15N3. The van der Waals surface area contributed by atoms with Gasteiger partial charge >= 0.3 is 0 Å². The van der Waals surface area contributed by atoms with Crippen LogP contribution in [0.25, 0.3) is 11.3 Å². The molecule has 2 rings (SSSR count). The Morgan fingerprint density at radius 3 is 2.67 bits per heavy atom. The summed E-state index contributed by atoms with van der Waals surface area (Å²) in [4.78, 5) is 0. The smallest absolute Gasteiger partial charge is 0.0685 e. The molecule has 0 radical (unpaired) electrons. The normalized spacial score (nSPS) is 10.5. The van der Waals surface area contributed by atoms with E-state index >= 15 is 0 Å². The lowest BCUT2D eigenvalue weighted by Crippen LogP contribution is -2.12. The molecule has 3 heteroatoms. The molecule has 78 valence electrons. The quantitative estimate of drug-likeness (QED) is 0.823. The molecule has 0 aliphatic heterocycles. The molecule has 0 atom stereocenters. The molecule has 1 aromatic carbocycles. The van der Waals surface area contributed by atoms with Gasteiger partial charge in [0.05, 0.1) is 17.9 Å². The van der Waals surface area contributed by atoms with Gasteiger partial charge in [-0.3, -0.25) is 4.68 Å². The van der Waals surface area contributed by atoms with E-state index in [2.05, 4.69) is 23.3 Å². The summed E-state index contributed by atoms with van der Waals surface area (Å²) in [6.45, 7) is 3.37. The second-order valence-electron chi connectivity index (χ2n) is 3.55. The minimum absolute atomic E-state index is 0.612. The van der Waals surface area contributed by atoms with E-state index in [1.807, 2.05) is 29.8 Å². The highest BCUT2D eigenvalue weighted by atomic mass is 15.3. The maximum Gasteiger partial charge on any atom is 0.0685 e. The molecule has 0 unspecified atom stereocenters. The van der Waals surface area contributed by atoms with Crippen LogP contribution in [0.2, 0.25) is 0 Å². The zero-order valence-corrected chi connectivity index (χ0v) is 8.85. The average molecular weight is 201 g/mol. The first-order valence-corrected chi connectivity index (χ1v) is 5.11. The van der Waals surface area contributed by atoms with Crippen LogP contribution in [0.3, 0.4) is 0 Å². The molecule has 0 saturated carbocycles. The first-order chi connectivity index (χ1) is 7.31. The Kier molecular flexibility index (Phi) is 2.83. The van der Waals surface area contributed by atoms with Crippen molar-refractivity contribution in [3.8, 4) is 11.3 Å². The summed E-state index contributed by atoms with van der Waals surface area (Å²) >= 11 is 0. The van der Waals surface area contributed by atoms with Crippen molar-refractivity contribution >= 4 is 0 Å². The van der Waals surface area contributed by atoms with Crippen molar-refractivity contribution < 1.29 is 0 Å². The van der Waals surface area contributed by atoms with Gasteiger partial charge in [-0.1, -0.05) is 30.3 Å². The van der Waals surface area contributed by atoms with Gasteiger partial charge in [0.2, 0.25) is 0 Å². The molecule has 0 fully saturated rings. The molecule has 1 heterocycles. The van der Waals surface area contributed by atoms with Crippen LogP contribution in [-0.4, -0.2) is 16.3 Å². The zero-order chi connectivity index (χ0) is 10.7. The van der Waals surface area contributed by atoms with Crippen LogP contribution in [0.4, 0.5) is 0 Å². The van der Waals surface area contributed by atoms with E-state index in [-0.39, 0.29) is 0 Å². The SMILES string of the molecule is Cc1cc(-c2ccccc2)n(CCN)n1. The fourth-order valence-electron chi connectivity index (χ4n) is 1.68. The van der Waals surface area contributed by atoms with Crippen LogP contribution in [-0.2, 0) is 6.54 Å². The van der Waals surface area contributed by atoms with E-state index in [0.717, 1.165) is 17.9 Å². The van der Waals surface area contributed by atoms with E-state index < -0.39 is 0 Å². The number of hydrogen-bond donors (Lipinski definition) is 1. The van der Waals surface area contributed by atoms with Gasteiger partial charge in [-0.15, -0.1) is 0 Å². The number of aromatic nitrogens is 2. The van der Waals surface area contributed by atoms with E-state index in [1.54, 1.807) is 0 Å². The topological polar surface area (TPSA) is 43.8 Å². The second kappa shape index (κ2) is 4.28. The van der Waals surface area contributed by atoms with Crippen LogP contribution in [0.1, 0.15) is 5.69 Å². The summed E-state index contributed by atoms with van der Waals surface area (Å²) in [6, 6.07) is 12.3. The molecule has 2 N–H and O–H groups in total. The lowest BCUT2D eigenvalue weighted by Gasteiger charge is -2.05. The van der Waals surface area contributed by atoms with Crippen LogP contribution >= 0.6 is 0 Å². The lowest BCUT2D eigenvalue weighted by atomic mass is 10.1. The maximum atomic E-state index is 5.56. The van der Waals surface area contributed by atoms with E-state index in [1.165, 1.54) is 5.56 Å². The molecule has 0 amide bonds. The van der Waals surface area contributed by atoms with Crippen LogP contribution < -0.4 is 5.73 Å². The third-order valence-corrected chi connectivity index (χ3v) is 2.31. The van der Waals surface area contributed by atoms with E-state index in [9.17, 15) is 0 Å². The average Bonchev–Trinajstić information content (AvgIpc) is 2.62. The molecule has 3 nitrogen and oxygen atoms in total. The van der Waals surface area contributed by atoms with Crippen molar-refractivity contribution in [3.05, 3.63) is 42.1 Å². The van der Waals surface area contributed by atoms with Gasteiger partial charge in [-0.25, -0.2) is 0 Å². The van der Waals surface area contributed by atoms with Crippen molar-refractivity contribution in [1.29, 1.82) is 0 Å². The summed E-state index contributed by atoms with van der Waals surface area (Å²) in [5.74, 6) is 0. The summed E-state index contributed by atoms with van der Waals surface area (Å²) < 4.78 is 1.96. The van der Waals surface area contributed by atoms with Crippen LogP contribution in [0.5, 0.6) is 0 Å². The highest BCUT2D eigenvalue weighted by molar-refractivity contribution is 5.59. The predicted octanol–water partition coefficient (Wildman–Crippen LogP) is 1.82. The first-order valence-electron chi connectivity index (χ1n) is 5.11. The maximum absolute atomic E-state index is 5.56. The molecule has 0 spiro atoms. The molecule has 1 aromatic heterocycles. The summed E-state index contributed by atoms with van der Waals surface area (Å²) in [7, 11) is 0. The fourth-order valence-corrected chi connectivity index (χ4v) is 1.68. The van der Waals surface area contributed by atoms with Gasteiger partial charge in [0.1, 0.15) is 0 Å². The molecule has 2 aromatic rings. The molecule has 0 aliphatic rings. The van der Waals surface area contributed by atoms with E-state index in [4.69, 9.17) is 5.73 Å². The molecular weight excluding hydrogens is 186 g/mol. The number of hydrogen-bond acceptors (Lipinski definition) is 2. The Labute approximate surface area is 89.5 Å². The lowest BCUT2D eigenvalue weighted by molar-refractivity contribution is 0.626. The number of aryl methyl sites for hydroxylation is 1. The zero-order valence-electron chi connectivity index (χ0n) is 8.85. The van der Waals surface area contributed by atoms with Gasteiger partial charge in [0, 0.05) is 6.54 Å². The largest absolute Gasteiger partial charge is 0.329 e. The minimum Gasteiger partial charge on any atom is -0.329 e. The Balaban J connectivity index is 2.43. The van der Waals surface area contributed by atoms with Crippen molar-refractivity contribution in [2.75, 3.05) is 6.54 Å². The van der Waals surface area contributed by atoms with Crippen molar-refractivity contribution in [3.63, 3.8) is 0 Å². The van der Waals surface area contributed by atoms with Gasteiger partial charge in [0.25, 0.3) is 0 Å². The van der Waals surface area contributed by atoms with Gasteiger partial charge in [-0.2, -0.15) is 5.10 Å². The number of rotatable bonds is 3. The first kappa shape index (κ1) is 9.93. The Hall–Kier alpha value is -1.61. The number of nitrogens with zero attached hydrogens (tertiary/aromatic N) is 2. The third-order valence-electron chi connectivity index (χ3n) is 2.31. The fraction of sp³-hybridized carbons (Fsp3) is 0.250. The molecule has 15 heavy (non-hydrogen) atoms. The van der Waals surface area contributed by atoms with Gasteiger partial charge in [0.15, 0.2) is 0 Å². The van der Waals surface area contributed by atoms with Crippen molar-refractivity contribution in [1.82, 2.24) is 9.78 Å². The van der Waals surface area contributed by atoms with E-state index in [0.29, 0.717) is 6.54 Å². The number of nitrogens with two attached hydrogens (primary N) is 1. The second-order valence-corrected chi connectivity index (χ2v) is 3.55. The van der Waals surface area contributed by atoms with Crippen LogP contribution in [0.15, 0.2) is 36.4 Å². The molecule has 0 bridgehead atoms. The Morgan fingerprint density at radius 1 is 1.27 bits per heavy atom. The van der Waals surface area contributed by atoms with Crippen LogP contribution in [0, 0.1) is 6.92 Å². The monoisotopic (exact) mass is 201 g/mol. The molecule has 0 saturated heterocycles. The van der Waals surface area contributed by atoms with Gasteiger partial charge in [-0.05, 0) is 18.6 Å². The van der Waals surface area contributed by atoms with Gasteiger partial charge < -0.3 is 5.73 Å². The minimum atomic E-state index is 0.612. The summed E-state index contributed by atoms with van der Waals surface area (Å²) in [5.41, 5.74) is 8.91. The molecule has 0 aliphatic carbocycles. The Bertz CT molecular complexity index is 431. The highest BCUT2D eigenvalue weighted by Crippen LogP contribution is 2.19.